The zero-order chi connectivity index (χ0) is 19.0. The van der Waals surface area contributed by atoms with Gasteiger partial charge in [-0.2, -0.15) is 10.1 Å². The first-order chi connectivity index (χ1) is 13.0. The van der Waals surface area contributed by atoms with Crippen molar-refractivity contribution in [2.75, 3.05) is 0 Å². The van der Waals surface area contributed by atoms with E-state index < -0.39 is 0 Å². The molecule has 1 amide bonds. The van der Waals surface area contributed by atoms with Gasteiger partial charge in [-0.3, -0.25) is 4.79 Å². The zero-order valence-electron chi connectivity index (χ0n) is 15.9. The van der Waals surface area contributed by atoms with Crippen LogP contribution < -0.4 is 5.32 Å². The molecule has 0 saturated carbocycles. The van der Waals surface area contributed by atoms with Crippen molar-refractivity contribution in [2.45, 2.75) is 58.9 Å². The van der Waals surface area contributed by atoms with Crippen molar-refractivity contribution in [3.63, 3.8) is 0 Å². The van der Waals surface area contributed by atoms with Crippen molar-refractivity contribution in [2.24, 2.45) is 0 Å². The Bertz CT molecular complexity index is 1010. The van der Waals surface area contributed by atoms with Crippen molar-refractivity contribution >= 4 is 11.7 Å². The second-order valence-electron chi connectivity index (χ2n) is 7.23. The first-order valence-corrected chi connectivity index (χ1v) is 9.37. The highest BCUT2D eigenvalue weighted by molar-refractivity contribution is 5.92. The quantitative estimate of drug-likeness (QED) is 0.761. The van der Waals surface area contributed by atoms with Gasteiger partial charge in [0.05, 0.1) is 12.2 Å². The molecule has 140 valence electrons. The summed E-state index contributed by atoms with van der Waals surface area (Å²) in [4.78, 5) is 30.3. The summed E-state index contributed by atoms with van der Waals surface area (Å²) in [5, 5.41) is 7.06. The minimum absolute atomic E-state index is 0.190. The standard InChI is InChI=1S/C19H23N7O/c1-11(2)16-8-15(25-19-21-10-22-26(16)19)18(27)20-9-17-23-12(3)13-6-4-5-7-14(13)24-17/h8,10-11H,4-7,9H2,1-3H3,(H,20,27). The highest BCUT2D eigenvalue weighted by Crippen LogP contribution is 2.21. The Morgan fingerprint density at radius 2 is 2.04 bits per heavy atom. The maximum Gasteiger partial charge on any atom is 0.270 e. The van der Waals surface area contributed by atoms with Gasteiger partial charge in [-0.1, -0.05) is 13.8 Å². The van der Waals surface area contributed by atoms with E-state index >= 15 is 0 Å². The maximum atomic E-state index is 12.6. The summed E-state index contributed by atoms with van der Waals surface area (Å²) in [6, 6.07) is 1.76. The van der Waals surface area contributed by atoms with Crippen LogP contribution in [0.1, 0.15) is 71.6 Å². The zero-order valence-corrected chi connectivity index (χ0v) is 15.9. The molecule has 4 rings (SSSR count). The number of aromatic nitrogens is 6. The van der Waals surface area contributed by atoms with E-state index in [1.54, 1.807) is 10.6 Å². The summed E-state index contributed by atoms with van der Waals surface area (Å²) in [5.41, 5.74) is 4.64. The molecule has 8 heteroatoms. The van der Waals surface area contributed by atoms with Crippen LogP contribution in [0.4, 0.5) is 0 Å². The van der Waals surface area contributed by atoms with E-state index in [9.17, 15) is 4.79 Å². The topological polar surface area (TPSA) is 98.0 Å². The number of nitrogens with zero attached hydrogens (tertiary/aromatic N) is 6. The molecular weight excluding hydrogens is 342 g/mol. The number of amides is 1. The summed E-state index contributed by atoms with van der Waals surface area (Å²) < 4.78 is 1.66. The van der Waals surface area contributed by atoms with Crippen LogP contribution in [0.25, 0.3) is 5.78 Å². The molecule has 0 aromatic carbocycles. The van der Waals surface area contributed by atoms with E-state index in [-0.39, 0.29) is 18.4 Å². The highest BCUT2D eigenvalue weighted by atomic mass is 16.1. The fourth-order valence-electron chi connectivity index (χ4n) is 3.54. The summed E-state index contributed by atoms with van der Waals surface area (Å²) in [6.07, 6.45) is 5.84. The minimum atomic E-state index is -0.263. The van der Waals surface area contributed by atoms with Gasteiger partial charge >= 0.3 is 0 Å². The molecule has 0 saturated heterocycles. The summed E-state index contributed by atoms with van der Waals surface area (Å²) in [7, 11) is 0. The Kier molecular flexibility index (Phi) is 4.55. The van der Waals surface area contributed by atoms with Crippen LogP contribution >= 0.6 is 0 Å². The average molecular weight is 365 g/mol. The Morgan fingerprint density at radius 3 is 2.85 bits per heavy atom. The van der Waals surface area contributed by atoms with Gasteiger partial charge in [-0.15, -0.1) is 0 Å². The van der Waals surface area contributed by atoms with Gasteiger partial charge in [0.2, 0.25) is 0 Å². The molecule has 3 heterocycles. The lowest BCUT2D eigenvalue weighted by atomic mass is 9.95. The Labute approximate surface area is 157 Å². The Morgan fingerprint density at radius 1 is 1.22 bits per heavy atom. The van der Waals surface area contributed by atoms with E-state index in [4.69, 9.17) is 0 Å². The number of carbonyl (C=O) groups excluding carboxylic acids is 1. The Balaban J connectivity index is 1.55. The molecule has 3 aromatic rings. The van der Waals surface area contributed by atoms with Crippen molar-refractivity contribution in [3.8, 4) is 0 Å². The SMILES string of the molecule is Cc1nc(CNC(=O)c2cc(C(C)C)n3ncnc3n2)nc2c1CCCC2. The first-order valence-electron chi connectivity index (χ1n) is 9.37. The van der Waals surface area contributed by atoms with Crippen LogP contribution in [0.3, 0.4) is 0 Å². The molecule has 0 radical (unpaired) electrons. The number of hydrogen-bond donors (Lipinski definition) is 1. The van der Waals surface area contributed by atoms with Crippen molar-refractivity contribution in [3.05, 3.63) is 46.6 Å². The van der Waals surface area contributed by atoms with Crippen LogP contribution in [0.15, 0.2) is 12.4 Å². The van der Waals surface area contributed by atoms with Crippen LogP contribution in [-0.2, 0) is 19.4 Å². The number of fused-ring (bicyclic) bond motifs is 2. The number of rotatable bonds is 4. The fourth-order valence-corrected chi connectivity index (χ4v) is 3.54. The van der Waals surface area contributed by atoms with Gasteiger partial charge in [-0.25, -0.2) is 19.5 Å². The second kappa shape index (κ2) is 7.02. The predicted molar refractivity (Wildman–Crippen MR) is 99.5 cm³/mol. The third-order valence-corrected chi connectivity index (χ3v) is 4.95. The van der Waals surface area contributed by atoms with Crippen molar-refractivity contribution in [1.29, 1.82) is 0 Å². The summed E-state index contributed by atoms with van der Waals surface area (Å²) >= 11 is 0. The van der Waals surface area contributed by atoms with E-state index in [2.05, 4.69) is 30.4 Å². The smallest absolute Gasteiger partial charge is 0.270 e. The largest absolute Gasteiger partial charge is 0.343 e. The maximum absolute atomic E-state index is 12.6. The average Bonchev–Trinajstić information content (AvgIpc) is 3.13. The van der Waals surface area contributed by atoms with E-state index in [1.165, 1.54) is 18.3 Å². The number of nitrogens with one attached hydrogen (secondary N) is 1. The molecule has 0 unspecified atom stereocenters. The van der Waals surface area contributed by atoms with Crippen LogP contribution in [0, 0.1) is 6.92 Å². The third kappa shape index (κ3) is 3.39. The van der Waals surface area contributed by atoms with Crippen LogP contribution in [0.5, 0.6) is 0 Å². The molecule has 0 bridgehead atoms. The number of carbonyl (C=O) groups is 1. The molecule has 27 heavy (non-hydrogen) atoms. The molecule has 3 aromatic heterocycles. The molecule has 1 aliphatic rings. The number of hydrogen-bond acceptors (Lipinski definition) is 6. The lowest BCUT2D eigenvalue weighted by Gasteiger charge is -2.17. The molecule has 1 aliphatic carbocycles. The summed E-state index contributed by atoms with van der Waals surface area (Å²) in [6.45, 7) is 6.39. The normalized spacial score (nSPS) is 13.8. The van der Waals surface area contributed by atoms with Gasteiger partial charge in [0.1, 0.15) is 17.8 Å². The molecule has 0 spiro atoms. The third-order valence-electron chi connectivity index (χ3n) is 4.95. The van der Waals surface area contributed by atoms with Gasteiger partial charge in [-0.05, 0) is 50.2 Å². The van der Waals surface area contributed by atoms with E-state index in [0.717, 1.165) is 36.3 Å². The summed E-state index contributed by atoms with van der Waals surface area (Å²) in [5.74, 6) is 0.998. The van der Waals surface area contributed by atoms with Gasteiger partial charge in [0, 0.05) is 11.4 Å². The van der Waals surface area contributed by atoms with Crippen LogP contribution in [0.2, 0.25) is 0 Å². The van der Waals surface area contributed by atoms with Crippen LogP contribution in [-0.4, -0.2) is 35.5 Å². The monoisotopic (exact) mass is 365 g/mol. The number of aryl methyl sites for hydroxylation is 2. The van der Waals surface area contributed by atoms with E-state index in [0.29, 0.717) is 17.3 Å². The fraction of sp³-hybridized carbons (Fsp3) is 0.474. The molecule has 1 N–H and O–H groups in total. The van der Waals surface area contributed by atoms with Gasteiger partial charge in [0.25, 0.3) is 11.7 Å². The predicted octanol–water partition coefficient (Wildman–Crippen LogP) is 2.15. The van der Waals surface area contributed by atoms with Crippen molar-refractivity contribution < 1.29 is 4.79 Å². The lowest BCUT2D eigenvalue weighted by Crippen LogP contribution is -2.26. The molecule has 8 nitrogen and oxygen atoms in total. The minimum Gasteiger partial charge on any atom is -0.343 e. The molecule has 0 atom stereocenters. The second-order valence-corrected chi connectivity index (χ2v) is 7.23. The van der Waals surface area contributed by atoms with Crippen molar-refractivity contribution in [1.82, 2.24) is 34.9 Å². The molecule has 0 aliphatic heterocycles. The Hall–Kier alpha value is -2.90. The lowest BCUT2D eigenvalue weighted by molar-refractivity contribution is 0.0944. The highest BCUT2D eigenvalue weighted by Gasteiger charge is 2.18. The van der Waals surface area contributed by atoms with E-state index in [1.807, 2.05) is 20.8 Å². The molecule has 0 fully saturated rings. The first kappa shape index (κ1) is 17.5. The molecular formula is C19H23N7O. The van der Waals surface area contributed by atoms with Gasteiger partial charge in [0.15, 0.2) is 0 Å². The van der Waals surface area contributed by atoms with Gasteiger partial charge < -0.3 is 5.32 Å².